The fraction of sp³-hybridized carbons (Fsp3) is 0.200. The van der Waals surface area contributed by atoms with Gasteiger partial charge < -0.3 is 10.2 Å². The zero-order valence-electron chi connectivity index (χ0n) is 21.2. The van der Waals surface area contributed by atoms with Gasteiger partial charge in [0.2, 0.25) is 0 Å². The molecule has 2 aromatic carbocycles. The average Bonchev–Trinajstić information content (AvgIpc) is 2.64. The molecule has 0 saturated heterocycles. The zero-order valence-corrected chi connectivity index (χ0v) is 10.7. The predicted octanol–water partition coefficient (Wildman–Crippen LogP) is 4.73. The molecule has 0 aliphatic heterocycles. The summed E-state index contributed by atoms with van der Waals surface area (Å²) < 4.78 is 96.6. The summed E-state index contributed by atoms with van der Waals surface area (Å²) in [6.07, 6.45) is 0. The minimum absolute atomic E-state index is 0.914. The highest BCUT2D eigenvalue weighted by molar-refractivity contribution is 6.32. The number of hydrogen-bond donors (Lipinski definition) is 2. The molecule has 2 rings (SSSR count). The number of benzene rings is 2. The van der Waals surface area contributed by atoms with E-state index in [0.717, 1.165) is 0 Å². The van der Waals surface area contributed by atoms with E-state index in [1.54, 1.807) is 0 Å². The lowest BCUT2D eigenvalue weighted by molar-refractivity contribution is 0.474. The van der Waals surface area contributed by atoms with Crippen LogP contribution < -0.4 is 0 Å². The third-order valence-electron chi connectivity index (χ3n) is 2.25. The van der Waals surface area contributed by atoms with Crippen LogP contribution in [0.1, 0.15) is 41.3 Å². The molecule has 0 aliphatic rings. The summed E-state index contributed by atoms with van der Waals surface area (Å²) in [5.74, 6) is -2.12. The van der Waals surface area contributed by atoms with Crippen molar-refractivity contribution < 1.29 is 26.7 Å². The number of halogens is 2. The molecule has 0 atom stereocenters. The summed E-state index contributed by atoms with van der Waals surface area (Å²) >= 11 is 11.6. The molecular weight excluding hydrogens is 283 g/mol. The molecule has 0 heterocycles. The van der Waals surface area contributed by atoms with Gasteiger partial charge in [-0.2, -0.15) is 0 Å². The van der Waals surface area contributed by atoms with Crippen molar-refractivity contribution in [2.24, 2.45) is 0 Å². The van der Waals surface area contributed by atoms with Gasteiger partial charge in [-0.1, -0.05) is 49.0 Å². The van der Waals surface area contributed by atoms with Crippen LogP contribution in [0.4, 0.5) is 0 Å². The van der Waals surface area contributed by atoms with E-state index in [1.165, 1.54) is 0 Å². The first kappa shape index (κ1) is 5.19. The lowest BCUT2D eigenvalue weighted by Gasteiger charge is -2.26. The molecule has 0 saturated carbocycles. The molecule has 2 N–H and O–H groups in total. The summed E-state index contributed by atoms with van der Waals surface area (Å²) in [4.78, 5) is 0. The Labute approximate surface area is 139 Å². The van der Waals surface area contributed by atoms with Gasteiger partial charge in [-0.25, -0.2) is 0 Å². The maximum Gasteiger partial charge on any atom is 0.134 e. The Morgan fingerprint density at radius 1 is 0.947 bits per heavy atom. The van der Waals surface area contributed by atoms with Crippen LogP contribution in [0.3, 0.4) is 0 Å². The van der Waals surface area contributed by atoms with E-state index < -0.39 is 88.0 Å². The summed E-state index contributed by atoms with van der Waals surface area (Å²) in [5, 5.41) is 17.9. The highest BCUT2D eigenvalue weighted by atomic mass is 35.5. The van der Waals surface area contributed by atoms with Gasteiger partial charge in [-0.15, -0.1) is 0 Å². The summed E-state index contributed by atoms with van der Waals surface area (Å²) in [5.41, 5.74) is -5.87. The molecule has 2 nitrogen and oxygen atoms in total. The van der Waals surface area contributed by atoms with Crippen molar-refractivity contribution in [3.05, 3.63) is 57.4 Å². The molecule has 0 bridgehead atoms. The van der Waals surface area contributed by atoms with Crippen LogP contribution in [0.2, 0.25) is 10.0 Å². The second kappa shape index (κ2) is 4.95. The predicted molar refractivity (Wildman–Crippen MR) is 78.4 cm³/mol. The van der Waals surface area contributed by atoms with Gasteiger partial charge in [-0.05, 0) is 35.3 Å². The highest BCUT2D eigenvalue weighted by Crippen LogP contribution is 2.37. The molecule has 19 heavy (non-hydrogen) atoms. The Kier molecular flexibility index (Phi) is 1.35. The molecule has 2 aromatic rings. The fourth-order valence-corrected chi connectivity index (χ4v) is 1.54. The van der Waals surface area contributed by atoms with Crippen molar-refractivity contribution in [3.8, 4) is 11.5 Å². The van der Waals surface area contributed by atoms with Gasteiger partial charge in [0.25, 0.3) is 0 Å². The van der Waals surface area contributed by atoms with Gasteiger partial charge in [-0.3, -0.25) is 0 Å². The van der Waals surface area contributed by atoms with Crippen molar-refractivity contribution in [1.29, 1.82) is 0 Å². The van der Waals surface area contributed by atoms with E-state index in [2.05, 4.69) is 0 Å². The Balaban J connectivity index is 3.41. The number of phenolic OH excluding ortho intramolecular Hbond substituents is 2. The lowest BCUT2D eigenvalue weighted by Crippen LogP contribution is -2.18. The van der Waals surface area contributed by atoms with Gasteiger partial charge in [0.05, 0.1) is 18.3 Å². The summed E-state index contributed by atoms with van der Waals surface area (Å²) in [6.45, 7) is -7.43. The van der Waals surface area contributed by atoms with Crippen molar-refractivity contribution in [2.45, 2.75) is 19.1 Å². The first-order valence-corrected chi connectivity index (χ1v) is 5.58. The smallest absolute Gasteiger partial charge is 0.134 e. The van der Waals surface area contributed by atoms with Crippen LogP contribution in [0.5, 0.6) is 11.5 Å². The second-order valence-corrected chi connectivity index (χ2v) is 4.33. The SMILES string of the molecule is [2H]c1c([2H])c(C(c2c([2H])c([2H])c(O)c(Cl)c2[2H])(C([2H])([2H])[2H])C([2H])([2H])[2H])c([2H])c(Cl)c1O. The molecule has 0 unspecified atom stereocenters. The Bertz CT molecular complexity index is 934. The Morgan fingerprint density at radius 2 is 1.37 bits per heavy atom. The first-order valence-electron chi connectivity index (χ1n) is 10.8. The van der Waals surface area contributed by atoms with Crippen LogP contribution >= 0.6 is 23.2 Å². The van der Waals surface area contributed by atoms with E-state index in [0.29, 0.717) is 0 Å². The maximum absolute atomic E-state index is 9.87. The van der Waals surface area contributed by atoms with Crippen LogP contribution in [-0.2, 0) is 5.41 Å². The molecule has 4 heteroatoms. The van der Waals surface area contributed by atoms with E-state index in [9.17, 15) is 10.2 Å². The van der Waals surface area contributed by atoms with Crippen LogP contribution in [-0.4, -0.2) is 10.2 Å². The number of rotatable bonds is 2. The quantitative estimate of drug-likeness (QED) is 0.842. The van der Waals surface area contributed by atoms with Crippen molar-refractivity contribution in [2.75, 3.05) is 0 Å². The molecule has 0 aromatic heterocycles. The van der Waals surface area contributed by atoms with Gasteiger partial charge >= 0.3 is 0 Å². The molecule has 0 radical (unpaired) electrons. The summed E-state index contributed by atoms with van der Waals surface area (Å²) in [6, 6.07) is -6.78. The van der Waals surface area contributed by atoms with Crippen LogP contribution in [0.15, 0.2) is 36.3 Å². The van der Waals surface area contributed by atoms with E-state index >= 15 is 0 Å². The molecule has 100 valence electrons. The topological polar surface area (TPSA) is 40.5 Å². The van der Waals surface area contributed by atoms with Gasteiger partial charge in [0, 0.05) is 13.6 Å². The molecule has 0 fully saturated rings. The van der Waals surface area contributed by atoms with E-state index in [1.807, 2.05) is 0 Å². The monoisotopic (exact) mass is 308 g/mol. The largest absolute Gasteiger partial charge is 0.506 e. The molecule has 0 amide bonds. The Morgan fingerprint density at radius 3 is 1.74 bits per heavy atom. The number of aromatic hydroxyl groups is 2. The molecule has 0 spiro atoms. The van der Waals surface area contributed by atoms with E-state index in [-0.39, 0.29) is 0 Å². The fourth-order valence-electron chi connectivity index (χ4n) is 1.25. The van der Waals surface area contributed by atoms with Crippen LogP contribution in [0, 0.1) is 0 Å². The highest BCUT2D eigenvalue weighted by Gasteiger charge is 2.24. The Hall–Kier alpha value is -1.38. The first-order chi connectivity index (χ1) is 13.9. The third kappa shape index (κ3) is 2.65. The van der Waals surface area contributed by atoms with Gasteiger partial charge in [0.1, 0.15) is 11.5 Å². The lowest BCUT2D eigenvalue weighted by atomic mass is 9.78. The third-order valence-corrected chi connectivity index (χ3v) is 2.79. The molecule has 0 aliphatic carbocycles. The van der Waals surface area contributed by atoms with Crippen LogP contribution in [0.25, 0.3) is 0 Å². The average molecular weight is 309 g/mol. The van der Waals surface area contributed by atoms with Crippen molar-refractivity contribution in [1.82, 2.24) is 0 Å². The van der Waals surface area contributed by atoms with E-state index in [4.69, 9.17) is 39.7 Å². The number of hydrogen-bond acceptors (Lipinski definition) is 2. The van der Waals surface area contributed by atoms with Crippen molar-refractivity contribution >= 4 is 23.2 Å². The number of phenols is 2. The molecular formula is C15H14Cl2O2. The standard InChI is InChI=1S/C15H14Cl2O2/c1-15(2,9-3-5-13(18)11(16)7-9)10-4-6-14(19)12(17)8-10/h3-8,18-19H,1-2H3/i1D3,2D3,3D,4D,5D,6D,7D,8D. The summed E-state index contributed by atoms with van der Waals surface area (Å²) in [7, 11) is 0. The minimum Gasteiger partial charge on any atom is -0.506 e. The van der Waals surface area contributed by atoms with Gasteiger partial charge in [0.15, 0.2) is 0 Å². The normalized spacial score (nSPS) is 22.0. The maximum atomic E-state index is 9.87. The second-order valence-electron chi connectivity index (χ2n) is 3.58. The minimum atomic E-state index is -3.71. The van der Waals surface area contributed by atoms with Crippen molar-refractivity contribution in [3.63, 3.8) is 0 Å². The zero-order chi connectivity index (χ0) is 24.4.